The summed E-state index contributed by atoms with van der Waals surface area (Å²) in [5.74, 6) is 0.850. The maximum atomic E-state index is 4.48. The van der Waals surface area contributed by atoms with E-state index in [4.69, 9.17) is 0 Å². The number of aryl methyl sites for hydroxylation is 1. The van der Waals surface area contributed by atoms with Gasteiger partial charge in [-0.1, -0.05) is 15.9 Å². The van der Waals surface area contributed by atoms with Crippen molar-refractivity contribution >= 4 is 27.1 Å². The van der Waals surface area contributed by atoms with E-state index >= 15 is 0 Å². The molecule has 0 aliphatic carbocycles. The summed E-state index contributed by atoms with van der Waals surface area (Å²) in [5.41, 5.74) is 3.97. The highest BCUT2D eigenvalue weighted by Gasteiger charge is 2.06. The topological polar surface area (TPSA) is 41.6 Å². The fraction of sp³-hybridized carbons (Fsp3) is 0.0769. The molecule has 0 radical (unpaired) electrons. The number of imidazole rings is 1. The zero-order valence-electron chi connectivity index (χ0n) is 9.24. The van der Waals surface area contributed by atoms with Gasteiger partial charge >= 0.3 is 0 Å². The SMILES string of the molecule is Cc1cc(Br)cc(-c2nc3ncccc3[nH]2)c1. The van der Waals surface area contributed by atoms with Crippen LogP contribution in [0.5, 0.6) is 0 Å². The number of benzene rings is 1. The summed E-state index contributed by atoms with van der Waals surface area (Å²) in [6, 6.07) is 10.1. The van der Waals surface area contributed by atoms with Crippen LogP contribution in [0.25, 0.3) is 22.6 Å². The van der Waals surface area contributed by atoms with Crippen LogP contribution >= 0.6 is 15.9 Å². The first-order valence-corrected chi connectivity index (χ1v) is 6.10. The van der Waals surface area contributed by atoms with Crippen LogP contribution in [0.15, 0.2) is 41.0 Å². The Labute approximate surface area is 107 Å². The minimum Gasteiger partial charge on any atom is -0.337 e. The number of H-pyrrole nitrogens is 1. The highest BCUT2D eigenvalue weighted by atomic mass is 79.9. The first-order valence-electron chi connectivity index (χ1n) is 5.31. The Bertz CT molecular complexity index is 635. The van der Waals surface area contributed by atoms with Crippen LogP contribution in [0.2, 0.25) is 0 Å². The molecule has 84 valence electrons. The molecule has 0 saturated carbocycles. The first kappa shape index (κ1) is 10.5. The lowest BCUT2D eigenvalue weighted by molar-refractivity contribution is 1.29. The van der Waals surface area contributed by atoms with Crippen molar-refractivity contribution in [3.8, 4) is 11.4 Å². The van der Waals surface area contributed by atoms with Crippen molar-refractivity contribution in [2.24, 2.45) is 0 Å². The Hall–Kier alpha value is -1.68. The number of nitrogens with one attached hydrogen (secondary N) is 1. The lowest BCUT2D eigenvalue weighted by Gasteiger charge is -2.00. The minimum atomic E-state index is 0.750. The number of aromatic amines is 1. The zero-order valence-corrected chi connectivity index (χ0v) is 10.8. The Balaban J connectivity index is 2.20. The smallest absolute Gasteiger partial charge is 0.178 e. The summed E-state index contributed by atoms with van der Waals surface area (Å²) < 4.78 is 1.06. The van der Waals surface area contributed by atoms with Gasteiger partial charge in [0.25, 0.3) is 0 Å². The van der Waals surface area contributed by atoms with Crippen molar-refractivity contribution in [2.45, 2.75) is 6.92 Å². The van der Waals surface area contributed by atoms with Crippen molar-refractivity contribution in [3.05, 3.63) is 46.6 Å². The summed E-state index contributed by atoms with van der Waals surface area (Å²) in [6.45, 7) is 2.06. The maximum Gasteiger partial charge on any atom is 0.178 e. The fourth-order valence-corrected chi connectivity index (χ4v) is 2.46. The molecule has 0 amide bonds. The van der Waals surface area contributed by atoms with Gasteiger partial charge in [-0.25, -0.2) is 9.97 Å². The molecule has 0 unspecified atom stereocenters. The monoisotopic (exact) mass is 287 g/mol. The predicted molar refractivity (Wildman–Crippen MR) is 71.8 cm³/mol. The van der Waals surface area contributed by atoms with E-state index in [0.717, 1.165) is 27.0 Å². The highest BCUT2D eigenvalue weighted by Crippen LogP contribution is 2.24. The molecule has 0 fully saturated rings. The third-order valence-corrected chi connectivity index (χ3v) is 3.03. The van der Waals surface area contributed by atoms with Gasteiger partial charge in [-0.2, -0.15) is 0 Å². The minimum absolute atomic E-state index is 0.750. The van der Waals surface area contributed by atoms with E-state index in [0.29, 0.717) is 0 Å². The van der Waals surface area contributed by atoms with E-state index in [-0.39, 0.29) is 0 Å². The summed E-state index contributed by atoms with van der Waals surface area (Å²) in [4.78, 5) is 12.0. The van der Waals surface area contributed by atoms with Crippen LogP contribution in [0.1, 0.15) is 5.56 Å². The average molecular weight is 288 g/mol. The third-order valence-electron chi connectivity index (χ3n) is 2.57. The number of aromatic nitrogens is 3. The van der Waals surface area contributed by atoms with Crippen molar-refractivity contribution < 1.29 is 0 Å². The molecule has 0 aliphatic rings. The summed E-state index contributed by atoms with van der Waals surface area (Å²) in [7, 11) is 0. The third kappa shape index (κ3) is 1.96. The quantitative estimate of drug-likeness (QED) is 0.742. The van der Waals surface area contributed by atoms with Crippen LogP contribution in [0.4, 0.5) is 0 Å². The number of halogens is 1. The molecule has 2 heterocycles. The highest BCUT2D eigenvalue weighted by molar-refractivity contribution is 9.10. The maximum absolute atomic E-state index is 4.48. The molecule has 0 saturated heterocycles. The normalized spacial score (nSPS) is 10.9. The molecule has 3 nitrogen and oxygen atoms in total. The number of rotatable bonds is 1. The fourth-order valence-electron chi connectivity index (χ4n) is 1.85. The van der Waals surface area contributed by atoms with Gasteiger partial charge in [0.15, 0.2) is 5.65 Å². The van der Waals surface area contributed by atoms with Gasteiger partial charge in [-0.15, -0.1) is 0 Å². The Morgan fingerprint density at radius 2 is 2.12 bits per heavy atom. The lowest BCUT2D eigenvalue weighted by Crippen LogP contribution is -1.82. The summed E-state index contributed by atoms with van der Waals surface area (Å²) in [6.07, 6.45) is 1.75. The molecule has 0 bridgehead atoms. The van der Waals surface area contributed by atoms with Gasteiger partial charge in [-0.05, 0) is 42.8 Å². The molecular weight excluding hydrogens is 278 g/mol. The van der Waals surface area contributed by atoms with Crippen molar-refractivity contribution in [1.82, 2.24) is 15.0 Å². The van der Waals surface area contributed by atoms with Gasteiger partial charge in [0.2, 0.25) is 0 Å². The second kappa shape index (κ2) is 3.96. The molecule has 0 spiro atoms. The molecule has 3 aromatic rings. The number of fused-ring (bicyclic) bond motifs is 1. The molecule has 3 rings (SSSR count). The Kier molecular flexibility index (Phi) is 2.44. The predicted octanol–water partition coefficient (Wildman–Crippen LogP) is 3.70. The molecule has 1 aromatic carbocycles. The van der Waals surface area contributed by atoms with Crippen molar-refractivity contribution in [2.75, 3.05) is 0 Å². The van der Waals surface area contributed by atoms with E-state index < -0.39 is 0 Å². The van der Waals surface area contributed by atoms with E-state index in [1.54, 1.807) is 6.20 Å². The van der Waals surface area contributed by atoms with E-state index in [1.807, 2.05) is 18.2 Å². The molecule has 0 aliphatic heterocycles. The van der Waals surface area contributed by atoms with E-state index in [2.05, 4.69) is 49.9 Å². The molecule has 4 heteroatoms. The van der Waals surface area contributed by atoms with Crippen LogP contribution < -0.4 is 0 Å². The van der Waals surface area contributed by atoms with Gasteiger partial charge in [0.05, 0.1) is 5.52 Å². The largest absolute Gasteiger partial charge is 0.337 e. The van der Waals surface area contributed by atoms with E-state index in [1.165, 1.54) is 5.56 Å². The average Bonchev–Trinajstić information content (AvgIpc) is 2.71. The lowest BCUT2D eigenvalue weighted by atomic mass is 10.1. The molecule has 1 N–H and O–H groups in total. The van der Waals surface area contributed by atoms with Crippen LogP contribution in [0, 0.1) is 6.92 Å². The summed E-state index contributed by atoms with van der Waals surface area (Å²) in [5, 5.41) is 0. The van der Waals surface area contributed by atoms with Gasteiger partial charge in [0, 0.05) is 16.2 Å². The summed E-state index contributed by atoms with van der Waals surface area (Å²) >= 11 is 3.50. The number of hydrogen-bond donors (Lipinski definition) is 1. The Morgan fingerprint density at radius 3 is 2.88 bits per heavy atom. The zero-order chi connectivity index (χ0) is 11.8. The molecular formula is C13H10BrN3. The van der Waals surface area contributed by atoms with Gasteiger partial charge < -0.3 is 4.98 Å². The van der Waals surface area contributed by atoms with Gasteiger partial charge in [0.1, 0.15) is 5.82 Å². The van der Waals surface area contributed by atoms with Gasteiger partial charge in [-0.3, -0.25) is 0 Å². The van der Waals surface area contributed by atoms with Crippen LogP contribution in [-0.4, -0.2) is 15.0 Å². The molecule has 17 heavy (non-hydrogen) atoms. The molecule has 0 atom stereocenters. The number of nitrogens with zero attached hydrogens (tertiary/aromatic N) is 2. The molecule has 2 aromatic heterocycles. The number of hydrogen-bond acceptors (Lipinski definition) is 2. The second-order valence-electron chi connectivity index (χ2n) is 3.98. The standard InChI is InChI=1S/C13H10BrN3/c1-8-5-9(7-10(14)6-8)12-16-11-3-2-4-15-13(11)17-12/h2-7H,1H3,(H,15,16,17). The Morgan fingerprint density at radius 1 is 1.24 bits per heavy atom. The number of pyridine rings is 1. The van der Waals surface area contributed by atoms with Crippen LogP contribution in [0.3, 0.4) is 0 Å². The van der Waals surface area contributed by atoms with Crippen LogP contribution in [-0.2, 0) is 0 Å². The van der Waals surface area contributed by atoms with Crippen molar-refractivity contribution in [1.29, 1.82) is 0 Å². The first-order chi connectivity index (χ1) is 8.22. The van der Waals surface area contributed by atoms with E-state index in [9.17, 15) is 0 Å². The van der Waals surface area contributed by atoms with Crippen molar-refractivity contribution in [3.63, 3.8) is 0 Å². The second-order valence-corrected chi connectivity index (χ2v) is 4.89.